The normalized spacial score (nSPS) is 15.9. The second-order valence-corrected chi connectivity index (χ2v) is 20.5. The molecular weight excluding hydrogens is 865 g/mol. The fourth-order valence-corrected chi connectivity index (χ4v) is 14.4. The molecule has 2 spiro atoms. The van der Waals surface area contributed by atoms with E-state index in [0.717, 1.165) is 6.42 Å². The zero-order chi connectivity index (χ0) is 47.1. The molecule has 12 aromatic carbocycles. The van der Waals surface area contributed by atoms with Crippen molar-refractivity contribution in [3.05, 3.63) is 322 Å². The molecule has 0 aromatic heterocycles. The van der Waals surface area contributed by atoms with Crippen LogP contribution in [0.3, 0.4) is 0 Å². The van der Waals surface area contributed by atoms with E-state index in [9.17, 15) is 0 Å². The van der Waals surface area contributed by atoms with E-state index in [1.807, 2.05) is 0 Å². The highest BCUT2D eigenvalue weighted by Gasteiger charge is 2.54. The Morgan fingerprint density at radius 3 is 1.19 bits per heavy atom. The van der Waals surface area contributed by atoms with Gasteiger partial charge in [-0.3, -0.25) is 0 Å². The molecule has 0 amide bonds. The predicted molar refractivity (Wildman–Crippen MR) is 298 cm³/mol. The highest BCUT2D eigenvalue weighted by Crippen LogP contribution is 2.66. The third-order valence-corrected chi connectivity index (χ3v) is 17.3. The first-order valence-corrected chi connectivity index (χ1v) is 25.6. The molecule has 12 aromatic rings. The minimum Gasteiger partial charge on any atom is -0.0622 e. The molecule has 16 rings (SSSR count). The van der Waals surface area contributed by atoms with Gasteiger partial charge >= 0.3 is 0 Å². The van der Waals surface area contributed by atoms with Gasteiger partial charge in [0.25, 0.3) is 0 Å². The maximum absolute atomic E-state index is 2.63. The summed E-state index contributed by atoms with van der Waals surface area (Å²) in [6.07, 6.45) is 0.848. The zero-order valence-electron chi connectivity index (χ0n) is 39.6. The van der Waals surface area contributed by atoms with E-state index in [1.165, 1.54) is 138 Å². The highest BCUT2D eigenvalue weighted by atomic mass is 14.5. The van der Waals surface area contributed by atoms with Crippen LogP contribution in [-0.2, 0) is 17.3 Å². The molecule has 334 valence electrons. The quantitative estimate of drug-likeness (QED) is 0.161. The maximum Gasteiger partial charge on any atom is 0.0725 e. The molecule has 0 saturated carbocycles. The molecule has 0 N–H and O–H groups in total. The van der Waals surface area contributed by atoms with Crippen LogP contribution in [0.5, 0.6) is 0 Å². The van der Waals surface area contributed by atoms with Gasteiger partial charge < -0.3 is 0 Å². The van der Waals surface area contributed by atoms with Gasteiger partial charge in [-0.1, -0.05) is 261 Å². The summed E-state index contributed by atoms with van der Waals surface area (Å²) in [5.74, 6) is 0.0426. The Balaban J connectivity index is 0.954. The second-order valence-electron chi connectivity index (χ2n) is 20.5. The van der Waals surface area contributed by atoms with Gasteiger partial charge in [-0.15, -0.1) is 0 Å². The zero-order valence-corrected chi connectivity index (χ0v) is 39.6. The molecule has 0 nitrogen and oxygen atoms in total. The van der Waals surface area contributed by atoms with Crippen LogP contribution in [0, 0.1) is 0 Å². The van der Waals surface area contributed by atoms with Gasteiger partial charge in [0.2, 0.25) is 0 Å². The molecule has 0 heterocycles. The van der Waals surface area contributed by atoms with E-state index in [0.29, 0.717) is 0 Å². The maximum atomic E-state index is 2.63. The highest BCUT2D eigenvalue weighted by molar-refractivity contribution is 6.08. The molecule has 0 heteroatoms. The van der Waals surface area contributed by atoms with E-state index in [1.54, 1.807) is 0 Å². The Morgan fingerprint density at radius 1 is 0.264 bits per heavy atom. The Morgan fingerprint density at radius 2 is 0.653 bits per heavy atom. The number of hydrogen-bond donors (Lipinski definition) is 0. The fourth-order valence-electron chi connectivity index (χ4n) is 14.4. The summed E-state index contributed by atoms with van der Waals surface area (Å²) in [5.41, 5.74) is 27.2. The van der Waals surface area contributed by atoms with Crippen LogP contribution in [0.25, 0.3) is 77.2 Å². The molecule has 0 saturated heterocycles. The van der Waals surface area contributed by atoms with E-state index in [4.69, 9.17) is 0 Å². The number of benzene rings is 12. The Bertz CT molecular complexity index is 4200. The Kier molecular flexibility index (Phi) is 8.24. The first-order valence-electron chi connectivity index (χ1n) is 25.6. The SMILES string of the molecule is c1ccc(-c2ccc(CC(c3ccc4c(c3)C3(c5ccccc5-4)c4ccccc4-c4c3ccc3ccccc43)c3ccc4c(c3)C3(c5ccccc5-c5ccccc53)c3ccc5ccccc5c3-4)cc2)cc1. The van der Waals surface area contributed by atoms with Crippen molar-refractivity contribution >= 4 is 21.5 Å². The molecule has 72 heavy (non-hydrogen) atoms. The van der Waals surface area contributed by atoms with Crippen LogP contribution < -0.4 is 0 Å². The van der Waals surface area contributed by atoms with Crippen LogP contribution >= 0.6 is 0 Å². The topological polar surface area (TPSA) is 0 Å². The monoisotopic (exact) mass is 910 g/mol. The van der Waals surface area contributed by atoms with Crippen molar-refractivity contribution in [3.8, 4) is 55.6 Å². The summed E-state index contributed by atoms with van der Waals surface area (Å²) in [7, 11) is 0. The largest absolute Gasteiger partial charge is 0.0725 e. The third kappa shape index (κ3) is 5.16. The first kappa shape index (κ1) is 39.9. The van der Waals surface area contributed by atoms with Crippen LogP contribution in [0.2, 0.25) is 0 Å². The Hall–Kier alpha value is -8.84. The third-order valence-electron chi connectivity index (χ3n) is 17.3. The van der Waals surface area contributed by atoms with E-state index >= 15 is 0 Å². The molecule has 2 unspecified atom stereocenters. The van der Waals surface area contributed by atoms with Crippen molar-refractivity contribution in [1.82, 2.24) is 0 Å². The average molecular weight is 911 g/mol. The van der Waals surface area contributed by atoms with Crippen molar-refractivity contribution in [2.24, 2.45) is 0 Å². The minimum atomic E-state index is -0.470. The summed E-state index contributed by atoms with van der Waals surface area (Å²) >= 11 is 0. The lowest BCUT2D eigenvalue weighted by atomic mass is 9.69. The van der Waals surface area contributed by atoms with Crippen LogP contribution in [0.1, 0.15) is 67.1 Å². The molecule has 0 radical (unpaired) electrons. The number of hydrogen-bond acceptors (Lipinski definition) is 0. The van der Waals surface area contributed by atoms with Gasteiger partial charge in [0.05, 0.1) is 10.8 Å². The predicted octanol–water partition coefficient (Wildman–Crippen LogP) is 17.7. The fraction of sp³-hybridized carbons (Fsp3) is 0.0556. The molecule has 0 bridgehead atoms. The van der Waals surface area contributed by atoms with E-state index in [-0.39, 0.29) is 5.92 Å². The molecule has 4 aliphatic rings. The first-order chi connectivity index (χ1) is 35.7. The molecular formula is C72H46. The minimum absolute atomic E-state index is 0.0426. The lowest BCUT2D eigenvalue weighted by Gasteiger charge is -2.32. The van der Waals surface area contributed by atoms with Crippen LogP contribution in [-0.4, -0.2) is 0 Å². The molecule has 2 atom stereocenters. The van der Waals surface area contributed by atoms with Crippen LogP contribution in [0.4, 0.5) is 0 Å². The van der Waals surface area contributed by atoms with E-state index in [2.05, 4.69) is 261 Å². The van der Waals surface area contributed by atoms with Crippen molar-refractivity contribution in [1.29, 1.82) is 0 Å². The van der Waals surface area contributed by atoms with Gasteiger partial charge in [0, 0.05) is 5.92 Å². The van der Waals surface area contributed by atoms with Crippen LogP contribution in [0.15, 0.2) is 261 Å². The smallest absolute Gasteiger partial charge is 0.0622 e. The average Bonchev–Trinajstić information content (AvgIpc) is 4.14. The lowest BCUT2D eigenvalue weighted by molar-refractivity contribution is 0.764. The molecule has 0 fully saturated rings. The lowest BCUT2D eigenvalue weighted by Crippen LogP contribution is -2.26. The summed E-state index contributed by atoms with van der Waals surface area (Å²) in [4.78, 5) is 0. The molecule has 4 aliphatic carbocycles. The summed E-state index contributed by atoms with van der Waals surface area (Å²) in [6, 6.07) is 99.7. The van der Waals surface area contributed by atoms with Crippen molar-refractivity contribution in [2.45, 2.75) is 23.2 Å². The summed E-state index contributed by atoms with van der Waals surface area (Å²) < 4.78 is 0. The number of rotatable bonds is 5. The van der Waals surface area contributed by atoms with Crippen molar-refractivity contribution in [3.63, 3.8) is 0 Å². The van der Waals surface area contributed by atoms with E-state index < -0.39 is 10.8 Å². The van der Waals surface area contributed by atoms with Gasteiger partial charge in [0.15, 0.2) is 0 Å². The summed E-state index contributed by atoms with van der Waals surface area (Å²) in [5, 5.41) is 5.18. The van der Waals surface area contributed by atoms with Crippen molar-refractivity contribution in [2.75, 3.05) is 0 Å². The second kappa shape index (κ2) is 14.8. The Labute approximate surface area is 420 Å². The van der Waals surface area contributed by atoms with Gasteiger partial charge in [-0.2, -0.15) is 0 Å². The van der Waals surface area contributed by atoms with Gasteiger partial charge in [0.1, 0.15) is 0 Å². The summed E-state index contributed by atoms with van der Waals surface area (Å²) in [6.45, 7) is 0. The molecule has 0 aliphatic heterocycles. The standard InChI is InChI=1S/C72H46/c1-2-16-46(17-3-1)47-32-30-45(31-33-47)42-60(50-34-38-57-56-24-10-14-28-63(56)72(67(57)43-50)64-29-15-11-25-58(64)69-52-20-6-4-18-48(52)36-40-65(69)72)51-35-39-59-68(44-51)71(66-41-37-49-19-5-7-21-53(49)70(59)66)61-26-12-8-22-54(61)55-23-9-13-27-62(55)71/h1-41,43-44,60H,42H2. The van der Waals surface area contributed by atoms with Gasteiger partial charge in [-0.25, -0.2) is 0 Å². The van der Waals surface area contributed by atoms with Crippen molar-refractivity contribution < 1.29 is 0 Å². The number of fused-ring (bicyclic) bond motifs is 24. The van der Waals surface area contributed by atoms with Gasteiger partial charge in [-0.05, 0) is 145 Å².